The van der Waals surface area contributed by atoms with Crippen molar-refractivity contribution in [2.45, 2.75) is 15.8 Å². The van der Waals surface area contributed by atoms with Gasteiger partial charge >= 0.3 is 0 Å². The van der Waals surface area contributed by atoms with Crippen LogP contribution in [0.4, 0.5) is 11.4 Å². The van der Waals surface area contributed by atoms with Crippen LogP contribution in [0.2, 0.25) is 0 Å². The largest absolute Gasteiger partial charge is 0.394 e. The molecule has 18 heavy (non-hydrogen) atoms. The minimum Gasteiger partial charge on any atom is -0.394 e. The SMILES string of the molecule is O=[N+]([O-])c1cc(S(=O)O)cc2c1N[C@H](CO)CS2. The van der Waals surface area contributed by atoms with Crippen molar-refractivity contribution in [3.8, 4) is 0 Å². The molecule has 0 spiro atoms. The first-order valence-electron chi connectivity index (χ1n) is 4.96. The van der Waals surface area contributed by atoms with Gasteiger partial charge in [-0.3, -0.25) is 10.1 Å². The molecule has 2 atom stereocenters. The van der Waals surface area contributed by atoms with Gasteiger partial charge in [0.1, 0.15) is 5.69 Å². The first-order valence-corrected chi connectivity index (χ1v) is 7.05. The first-order chi connectivity index (χ1) is 8.52. The summed E-state index contributed by atoms with van der Waals surface area (Å²) >= 11 is -0.947. The first kappa shape index (κ1) is 13.3. The average molecular weight is 290 g/mol. The number of nitrogens with one attached hydrogen (secondary N) is 1. The number of aliphatic hydroxyl groups is 1. The summed E-state index contributed by atoms with van der Waals surface area (Å²) in [6, 6.07) is 2.26. The molecule has 0 saturated heterocycles. The van der Waals surface area contributed by atoms with E-state index in [2.05, 4.69) is 5.32 Å². The molecule has 3 N–H and O–H groups in total. The van der Waals surface area contributed by atoms with E-state index in [4.69, 9.17) is 9.66 Å². The van der Waals surface area contributed by atoms with E-state index >= 15 is 0 Å². The lowest BCUT2D eigenvalue weighted by atomic mass is 10.2. The molecule has 1 aromatic rings. The molecule has 1 aliphatic rings. The van der Waals surface area contributed by atoms with Crippen LogP contribution in [0.1, 0.15) is 0 Å². The Kier molecular flexibility index (Phi) is 3.85. The van der Waals surface area contributed by atoms with Crippen molar-refractivity contribution >= 4 is 34.2 Å². The van der Waals surface area contributed by atoms with Crippen LogP contribution in [0.15, 0.2) is 21.9 Å². The number of fused-ring (bicyclic) bond motifs is 1. The molecule has 2 rings (SSSR count). The van der Waals surface area contributed by atoms with Crippen molar-refractivity contribution in [1.29, 1.82) is 0 Å². The molecule has 1 aliphatic heterocycles. The van der Waals surface area contributed by atoms with E-state index in [-0.39, 0.29) is 23.2 Å². The Morgan fingerprint density at radius 1 is 1.61 bits per heavy atom. The molecule has 1 unspecified atom stereocenters. The molecule has 1 aromatic carbocycles. The second kappa shape index (κ2) is 5.22. The van der Waals surface area contributed by atoms with Gasteiger partial charge in [0.15, 0.2) is 11.1 Å². The number of hydrogen-bond acceptors (Lipinski definition) is 6. The third kappa shape index (κ3) is 2.48. The van der Waals surface area contributed by atoms with Crippen LogP contribution < -0.4 is 5.32 Å². The summed E-state index contributed by atoms with van der Waals surface area (Å²) in [7, 11) is 0. The zero-order valence-corrected chi connectivity index (χ0v) is 10.7. The number of nitro benzene ring substituents is 1. The van der Waals surface area contributed by atoms with Crippen molar-refractivity contribution < 1.29 is 18.8 Å². The van der Waals surface area contributed by atoms with Crippen LogP contribution in [0.5, 0.6) is 0 Å². The molecular formula is C9H10N2O5S2. The van der Waals surface area contributed by atoms with Gasteiger partial charge in [0.05, 0.1) is 22.5 Å². The maximum Gasteiger partial charge on any atom is 0.294 e. The van der Waals surface area contributed by atoms with Crippen LogP contribution in [0.3, 0.4) is 0 Å². The summed E-state index contributed by atoms with van der Waals surface area (Å²) < 4.78 is 20.0. The number of benzene rings is 1. The van der Waals surface area contributed by atoms with Crippen molar-refractivity contribution in [2.75, 3.05) is 17.7 Å². The molecule has 0 aliphatic carbocycles. The standard InChI is InChI=1S/C9H10N2O5S2/c12-3-5-4-17-8-2-6(18(15)16)1-7(11(13)14)9(8)10-5/h1-2,5,10,12H,3-4H2,(H,15,16)/t5-/m1/s1. The van der Waals surface area contributed by atoms with Gasteiger partial charge in [0.2, 0.25) is 0 Å². The second-order valence-electron chi connectivity index (χ2n) is 3.66. The van der Waals surface area contributed by atoms with E-state index in [0.717, 1.165) is 6.07 Å². The molecule has 0 fully saturated rings. The fourth-order valence-electron chi connectivity index (χ4n) is 1.61. The highest BCUT2D eigenvalue weighted by molar-refractivity contribution is 7.99. The lowest BCUT2D eigenvalue weighted by Crippen LogP contribution is -2.30. The maximum atomic E-state index is 11.0. The van der Waals surface area contributed by atoms with Gasteiger partial charge in [-0.15, -0.1) is 11.8 Å². The zero-order valence-electron chi connectivity index (χ0n) is 9.03. The Balaban J connectivity index is 2.53. The molecular weight excluding hydrogens is 280 g/mol. The smallest absolute Gasteiger partial charge is 0.294 e. The third-order valence-electron chi connectivity index (χ3n) is 2.46. The zero-order chi connectivity index (χ0) is 13.3. The Labute approximate surface area is 109 Å². The van der Waals surface area contributed by atoms with Crippen LogP contribution in [0.25, 0.3) is 0 Å². The molecule has 7 nitrogen and oxygen atoms in total. The molecule has 0 radical (unpaired) electrons. The van der Waals surface area contributed by atoms with Gasteiger partial charge in [-0.2, -0.15) is 0 Å². The number of anilines is 1. The summed E-state index contributed by atoms with van der Waals surface area (Å²) in [5, 5.41) is 22.9. The van der Waals surface area contributed by atoms with Gasteiger partial charge in [0, 0.05) is 16.7 Å². The predicted molar refractivity (Wildman–Crippen MR) is 67.4 cm³/mol. The fourth-order valence-corrected chi connectivity index (χ4v) is 3.21. The number of aliphatic hydroxyl groups excluding tert-OH is 1. The maximum absolute atomic E-state index is 11.0. The lowest BCUT2D eigenvalue weighted by Gasteiger charge is -2.24. The van der Waals surface area contributed by atoms with Gasteiger partial charge in [0.25, 0.3) is 5.69 Å². The Hall–Kier alpha value is -1.16. The number of hydrogen-bond donors (Lipinski definition) is 3. The van der Waals surface area contributed by atoms with E-state index in [9.17, 15) is 14.3 Å². The van der Waals surface area contributed by atoms with Crippen molar-refractivity contribution in [3.63, 3.8) is 0 Å². The quantitative estimate of drug-likeness (QED) is 0.433. The highest BCUT2D eigenvalue weighted by atomic mass is 32.2. The minimum atomic E-state index is -2.26. The molecule has 1 heterocycles. The van der Waals surface area contributed by atoms with E-state index in [1.807, 2.05) is 0 Å². The predicted octanol–water partition coefficient (Wildman–Crippen LogP) is 1.05. The summed E-state index contributed by atoms with van der Waals surface area (Å²) in [5.74, 6) is 0.544. The molecule has 9 heteroatoms. The monoisotopic (exact) mass is 290 g/mol. The van der Waals surface area contributed by atoms with Gasteiger partial charge in [-0.05, 0) is 6.07 Å². The second-order valence-corrected chi connectivity index (χ2v) is 5.69. The summed E-state index contributed by atoms with van der Waals surface area (Å²) in [6.07, 6.45) is 0. The van der Waals surface area contributed by atoms with Crippen molar-refractivity contribution in [2.24, 2.45) is 0 Å². The van der Waals surface area contributed by atoms with Gasteiger partial charge < -0.3 is 15.0 Å². The van der Waals surface area contributed by atoms with Gasteiger partial charge in [-0.1, -0.05) is 0 Å². The number of rotatable bonds is 3. The van der Waals surface area contributed by atoms with E-state index in [0.29, 0.717) is 16.3 Å². The Morgan fingerprint density at radius 3 is 2.89 bits per heavy atom. The van der Waals surface area contributed by atoms with E-state index in [1.165, 1.54) is 17.8 Å². The molecule has 0 aromatic heterocycles. The van der Waals surface area contributed by atoms with Crippen molar-refractivity contribution in [3.05, 3.63) is 22.2 Å². The Morgan fingerprint density at radius 2 is 2.33 bits per heavy atom. The number of nitro groups is 1. The highest BCUT2D eigenvalue weighted by Crippen LogP contribution is 2.41. The van der Waals surface area contributed by atoms with Crippen LogP contribution in [0, 0.1) is 10.1 Å². The van der Waals surface area contributed by atoms with Crippen LogP contribution >= 0.6 is 11.8 Å². The molecule has 0 bridgehead atoms. The molecule has 0 amide bonds. The molecule has 0 saturated carbocycles. The van der Waals surface area contributed by atoms with Crippen LogP contribution in [-0.2, 0) is 11.1 Å². The average Bonchev–Trinajstić information content (AvgIpc) is 2.36. The fraction of sp³-hybridized carbons (Fsp3) is 0.333. The minimum absolute atomic E-state index is 0.00259. The van der Waals surface area contributed by atoms with Crippen LogP contribution in [-0.4, -0.2) is 37.2 Å². The summed E-state index contributed by atoms with van der Waals surface area (Å²) in [4.78, 5) is 10.9. The van der Waals surface area contributed by atoms with Crippen molar-refractivity contribution in [1.82, 2.24) is 0 Å². The van der Waals surface area contributed by atoms with E-state index < -0.39 is 16.0 Å². The van der Waals surface area contributed by atoms with E-state index in [1.54, 1.807) is 0 Å². The molecule has 98 valence electrons. The normalized spacial score (nSPS) is 19.8. The number of nitrogens with zero attached hydrogens (tertiary/aromatic N) is 1. The third-order valence-corrected chi connectivity index (χ3v) is 4.30. The lowest BCUT2D eigenvalue weighted by molar-refractivity contribution is -0.384. The van der Waals surface area contributed by atoms with Gasteiger partial charge in [-0.25, -0.2) is 4.21 Å². The number of thioether (sulfide) groups is 1. The topological polar surface area (TPSA) is 113 Å². The highest BCUT2D eigenvalue weighted by Gasteiger charge is 2.27. The summed E-state index contributed by atoms with van der Waals surface area (Å²) in [6.45, 7) is -0.128. The Bertz CT molecular complexity index is 522. The summed E-state index contributed by atoms with van der Waals surface area (Å²) in [5.41, 5.74) is 0.0417.